The van der Waals surface area contributed by atoms with Gasteiger partial charge in [-0.3, -0.25) is 9.59 Å². The van der Waals surface area contributed by atoms with Gasteiger partial charge in [0.25, 0.3) is 11.8 Å². The van der Waals surface area contributed by atoms with Crippen LogP contribution in [-0.4, -0.2) is 98.7 Å². The maximum atomic E-state index is 12.3. The second-order valence-corrected chi connectivity index (χ2v) is 14.5. The number of aliphatic carboxylic acids is 2. The molecule has 2 saturated heterocycles. The fourth-order valence-electron chi connectivity index (χ4n) is 8.10. The predicted octanol–water partition coefficient (Wildman–Crippen LogP) is 2.33. The van der Waals surface area contributed by atoms with Gasteiger partial charge in [0, 0.05) is 33.3 Å². The maximum absolute atomic E-state index is 12.3. The monoisotopic (exact) mass is 738 g/mol. The summed E-state index contributed by atoms with van der Waals surface area (Å²) in [7, 11) is 0. The van der Waals surface area contributed by atoms with Crippen LogP contribution >= 0.6 is 23.2 Å². The first-order valence-electron chi connectivity index (χ1n) is 17.1. The number of hydrogen-bond acceptors (Lipinski definition) is 8. The van der Waals surface area contributed by atoms with Crippen LogP contribution < -0.4 is 31.5 Å². The predicted molar refractivity (Wildman–Crippen MR) is 185 cm³/mol. The minimum Gasteiger partial charge on any atom is -0.548 e. The first kappa shape index (κ1) is 39.9. The van der Waals surface area contributed by atoms with Crippen LogP contribution in [0.1, 0.15) is 84.9 Å². The van der Waals surface area contributed by atoms with Gasteiger partial charge in [-0.2, -0.15) is 0 Å². The van der Waals surface area contributed by atoms with Crippen molar-refractivity contribution in [1.29, 1.82) is 0 Å². The quantitative estimate of drug-likeness (QED) is 0.270. The van der Waals surface area contributed by atoms with E-state index in [1.54, 1.807) is 48.5 Å². The van der Waals surface area contributed by atoms with Crippen LogP contribution in [0.2, 0.25) is 10.0 Å². The van der Waals surface area contributed by atoms with E-state index in [2.05, 4.69) is 21.3 Å². The van der Waals surface area contributed by atoms with Gasteiger partial charge in [0.1, 0.15) is 0 Å². The third-order valence-electron chi connectivity index (χ3n) is 10.6. The van der Waals surface area contributed by atoms with Gasteiger partial charge in [0.15, 0.2) is 0 Å². The molecule has 2 saturated carbocycles. The normalized spacial score (nSPS) is 26.7. The fourth-order valence-corrected chi connectivity index (χ4v) is 8.35. The van der Waals surface area contributed by atoms with Gasteiger partial charge in [-0.15, -0.1) is 0 Å². The number of amides is 2. The van der Waals surface area contributed by atoms with Gasteiger partial charge >= 0.3 is 37.7 Å². The number of nitrogens with one attached hydrogen (secondary N) is 4. The van der Waals surface area contributed by atoms with E-state index < -0.39 is 35.8 Å². The molecule has 0 spiro atoms. The fraction of sp³-hybridized carbons (Fsp3) is 0.556. The molecule has 2 aromatic carbocycles. The molecule has 10 nitrogen and oxygen atoms in total. The molecule has 0 aromatic heterocycles. The second kappa shape index (κ2) is 19.1. The van der Waals surface area contributed by atoms with E-state index in [1.807, 2.05) is 0 Å². The van der Waals surface area contributed by atoms with E-state index in [0.717, 1.165) is 38.8 Å². The number of carbonyl (C=O) groups excluding carboxylic acids is 4. The Hall–Kier alpha value is -1.92. The zero-order valence-electron chi connectivity index (χ0n) is 27.6. The zero-order chi connectivity index (χ0) is 34.2. The molecule has 4 aliphatic rings. The molecule has 8 atom stereocenters. The topological polar surface area (TPSA) is 163 Å². The van der Waals surface area contributed by atoms with Gasteiger partial charge < -0.3 is 41.1 Å². The number of benzene rings is 2. The number of fused-ring (bicyclic) bond motifs is 2. The molecule has 4 N–H and O–H groups in total. The average Bonchev–Trinajstić information content (AvgIpc) is 3.69. The van der Waals surface area contributed by atoms with Crippen LogP contribution in [0.5, 0.6) is 0 Å². The summed E-state index contributed by atoms with van der Waals surface area (Å²) in [5.74, 6) is -1.72. The van der Waals surface area contributed by atoms with Gasteiger partial charge in [0.05, 0.1) is 24.0 Å². The molecule has 260 valence electrons. The Morgan fingerprint density at radius 2 is 0.980 bits per heavy atom. The van der Waals surface area contributed by atoms with E-state index in [1.165, 1.54) is 25.7 Å². The molecule has 49 heavy (non-hydrogen) atoms. The van der Waals surface area contributed by atoms with Crippen molar-refractivity contribution in [1.82, 2.24) is 21.3 Å². The van der Waals surface area contributed by atoms with Crippen LogP contribution in [0.25, 0.3) is 0 Å². The molecule has 13 heteroatoms. The molecule has 2 aromatic rings. The van der Waals surface area contributed by atoms with Crippen LogP contribution in [0.15, 0.2) is 48.5 Å². The number of halogens is 2. The first-order valence-corrected chi connectivity index (χ1v) is 17.9. The summed E-state index contributed by atoms with van der Waals surface area (Å²) in [6.45, 7) is 1.63. The second-order valence-electron chi connectivity index (χ2n) is 13.6. The van der Waals surface area contributed by atoms with E-state index in [-0.39, 0.29) is 49.6 Å². The number of carboxylic acid groups (broad SMARTS) is 2. The van der Waals surface area contributed by atoms with Crippen molar-refractivity contribution in [3.8, 4) is 0 Å². The van der Waals surface area contributed by atoms with E-state index >= 15 is 0 Å². The van der Waals surface area contributed by atoms with Crippen LogP contribution in [0.4, 0.5) is 0 Å². The minimum atomic E-state index is -1.23. The largest absolute Gasteiger partial charge is 2.00 e. The van der Waals surface area contributed by atoms with E-state index in [9.17, 15) is 29.4 Å². The molecule has 2 heterocycles. The van der Waals surface area contributed by atoms with Crippen LogP contribution in [0, 0.1) is 23.7 Å². The Morgan fingerprint density at radius 1 is 0.633 bits per heavy atom. The molecule has 2 aliphatic heterocycles. The average molecular weight is 740 g/mol. The summed E-state index contributed by atoms with van der Waals surface area (Å²) in [6, 6.07) is 11.8. The van der Waals surface area contributed by atoms with E-state index in [4.69, 9.17) is 23.2 Å². The van der Waals surface area contributed by atoms with Gasteiger partial charge in [-0.1, -0.05) is 48.9 Å². The van der Waals surface area contributed by atoms with Crippen molar-refractivity contribution >= 4 is 84.7 Å². The van der Waals surface area contributed by atoms with Gasteiger partial charge in [-0.25, -0.2) is 0 Å². The smallest absolute Gasteiger partial charge is 0.548 e. The zero-order valence-corrected chi connectivity index (χ0v) is 31.4. The molecular weight excluding hydrogens is 695 g/mol. The summed E-state index contributed by atoms with van der Waals surface area (Å²) in [5.41, 5.74) is 0.788. The summed E-state index contributed by atoms with van der Waals surface area (Å²) in [6.07, 6.45) is 10.3. The van der Waals surface area contributed by atoms with Crippen LogP contribution in [0.3, 0.4) is 0 Å². The van der Waals surface area contributed by atoms with Gasteiger partial charge in [0.2, 0.25) is 0 Å². The standard InChI is InChI=1S/2C18H23ClN2O3.Ca/c2*19-13-7-5-11(6-8-13)17(22)21-16(18(23)24)9-12-10-20-15-4-2-1-3-14(12)15;/h2*5-8,12,14-16,20H,1-4,9-10H2,(H,21,22)(H,23,24);/q;;+2/p-2. The molecule has 6 rings (SSSR count). The minimum absolute atomic E-state index is 0. The summed E-state index contributed by atoms with van der Waals surface area (Å²) in [5, 5.41) is 36.3. The molecular formula is C36H44CaCl2N4O6. The summed E-state index contributed by atoms with van der Waals surface area (Å²) < 4.78 is 0. The van der Waals surface area contributed by atoms with Crippen molar-refractivity contribution in [3.63, 3.8) is 0 Å². The Morgan fingerprint density at radius 3 is 1.33 bits per heavy atom. The van der Waals surface area contributed by atoms with Crippen molar-refractivity contribution < 1.29 is 29.4 Å². The maximum Gasteiger partial charge on any atom is 2.00 e. The Kier molecular flexibility index (Phi) is 15.5. The summed E-state index contributed by atoms with van der Waals surface area (Å²) in [4.78, 5) is 47.5. The Balaban J connectivity index is 0.000000216. The summed E-state index contributed by atoms with van der Waals surface area (Å²) >= 11 is 11.6. The SMILES string of the molecule is O=C(NC(CC1CNC2CCCCC12)C(=O)[O-])c1ccc(Cl)cc1.O=C(NC(CC1CNC2CCCCC12)C(=O)[O-])c1ccc(Cl)cc1.[Ca+2]. The first-order chi connectivity index (χ1) is 23.1. The van der Waals surface area contributed by atoms with Crippen molar-refractivity contribution in [2.75, 3.05) is 13.1 Å². The van der Waals surface area contributed by atoms with E-state index in [0.29, 0.717) is 57.9 Å². The molecule has 2 amide bonds. The third kappa shape index (κ3) is 11.0. The van der Waals surface area contributed by atoms with Crippen molar-refractivity contribution in [2.24, 2.45) is 23.7 Å². The molecule has 0 bridgehead atoms. The molecule has 8 unspecified atom stereocenters. The number of carboxylic acids is 2. The third-order valence-corrected chi connectivity index (χ3v) is 11.1. The number of hydrogen-bond donors (Lipinski definition) is 4. The molecule has 2 aliphatic carbocycles. The van der Waals surface area contributed by atoms with Crippen LogP contribution in [-0.2, 0) is 9.59 Å². The van der Waals surface area contributed by atoms with Crippen molar-refractivity contribution in [3.05, 3.63) is 69.7 Å². The Labute approximate surface area is 327 Å². The number of carbonyl (C=O) groups is 4. The molecule has 4 fully saturated rings. The van der Waals surface area contributed by atoms with Gasteiger partial charge in [-0.05, 0) is 124 Å². The molecule has 0 radical (unpaired) electrons. The number of rotatable bonds is 10. The Bertz CT molecular complexity index is 1320. The van der Waals surface area contributed by atoms with Crippen molar-refractivity contribution in [2.45, 2.75) is 88.4 Å².